The number of piperidine rings is 1. The number of benzene rings is 1. The highest BCUT2D eigenvalue weighted by molar-refractivity contribution is 6.04. The van der Waals surface area contributed by atoms with E-state index in [-0.39, 0.29) is 17.7 Å². The summed E-state index contributed by atoms with van der Waals surface area (Å²) in [6.45, 7) is 2.68. The van der Waals surface area contributed by atoms with Gasteiger partial charge in [-0.25, -0.2) is 0 Å². The van der Waals surface area contributed by atoms with Crippen LogP contribution < -0.4 is 10.6 Å². The fourth-order valence-electron chi connectivity index (χ4n) is 4.63. The molecule has 1 aliphatic heterocycles. The number of nitrogens with zero attached hydrogens (tertiary/aromatic N) is 2. The van der Waals surface area contributed by atoms with Crippen LogP contribution >= 0.6 is 0 Å². The van der Waals surface area contributed by atoms with Gasteiger partial charge in [-0.2, -0.15) is 0 Å². The first kappa shape index (κ1) is 21.5. The van der Waals surface area contributed by atoms with Gasteiger partial charge in [0.15, 0.2) is 0 Å². The van der Waals surface area contributed by atoms with Gasteiger partial charge in [0.2, 0.25) is 5.91 Å². The Kier molecular flexibility index (Phi) is 7.30. The Labute approximate surface area is 184 Å². The number of amides is 2. The number of rotatable bonds is 6. The number of carbonyl (C=O) groups is 2. The van der Waals surface area contributed by atoms with Crippen LogP contribution in [0.25, 0.3) is 0 Å². The molecule has 1 aromatic carbocycles. The van der Waals surface area contributed by atoms with E-state index in [9.17, 15) is 9.59 Å². The van der Waals surface area contributed by atoms with Gasteiger partial charge in [0.25, 0.3) is 5.91 Å². The quantitative estimate of drug-likeness (QED) is 0.741. The zero-order valence-corrected chi connectivity index (χ0v) is 18.1. The van der Waals surface area contributed by atoms with E-state index in [1.54, 1.807) is 24.5 Å². The first-order valence-electron chi connectivity index (χ1n) is 11.5. The van der Waals surface area contributed by atoms with Crippen molar-refractivity contribution in [1.82, 2.24) is 15.2 Å². The molecule has 1 aliphatic carbocycles. The van der Waals surface area contributed by atoms with Crippen LogP contribution in [0.15, 0.2) is 48.8 Å². The van der Waals surface area contributed by atoms with E-state index in [4.69, 9.17) is 0 Å². The minimum Gasteiger partial charge on any atom is -0.353 e. The number of likely N-dealkylation sites (tertiary alicyclic amines) is 1. The molecule has 6 nitrogen and oxygen atoms in total. The van der Waals surface area contributed by atoms with Gasteiger partial charge in [-0.15, -0.1) is 0 Å². The molecular formula is C25H32N4O2. The maximum Gasteiger partial charge on any atom is 0.255 e. The third-order valence-corrected chi connectivity index (χ3v) is 6.44. The Hall–Kier alpha value is -2.73. The molecule has 1 saturated carbocycles. The van der Waals surface area contributed by atoms with Crippen LogP contribution in [0.3, 0.4) is 0 Å². The molecule has 31 heavy (non-hydrogen) atoms. The molecule has 6 heteroatoms. The fraction of sp³-hybridized carbons (Fsp3) is 0.480. The molecular weight excluding hydrogens is 388 g/mol. The van der Waals surface area contributed by atoms with Gasteiger partial charge in [0.05, 0.1) is 0 Å². The molecule has 2 heterocycles. The maximum absolute atomic E-state index is 12.6. The van der Waals surface area contributed by atoms with E-state index in [0.29, 0.717) is 11.6 Å². The van der Waals surface area contributed by atoms with Crippen molar-refractivity contribution < 1.29 is 9.59 Å². The summed E-state index contributed by atoms with van der Waals surface area (Å²) in [4.78, 5) is 31.3. The number of hydrogen-bond acceptors (Lipinski definition) is 4. The predicted octanol–water partition coefficient (Wildman–Crippen LogP) is 3.99. The highest BCUT2D eigenvalue weighted by Gasteiger charge is 2.27. The number of carbonyl (C=O) groups excluding carboxylic acids is 2. The van der Waals surface area contributed by atoms with Crippen molar-refractivity contribution in [3.63, 3.8) is 0 Å². The van der Waals surface area contributed by atoms with Gasteiger partial charge in [0.1, 0.15) is 0 Å². The second-order valence-electron chi connectivity index (χ2n) is 8.78. The molecule has 1 aromatic heterocycles. The van der Waals surface area contributed by atoms with Crippen molar-refractivity contribution in [2.45, 2.75) is 57.5 Å². The van der Waals surface area contributed by atoms with Gasteiger partial charge in [-0.3, -0.25) is 19.5 Å². The lowest BCUT2D eigenvalue weighted by atomic mass is 9.92. The Morgan fingerprint density at radius 1 is 0.968 bits per heavy atom. The van der Waals surface area contributed by atoms with Gasteiger partial charge < -0.3 is 10.6 Å². The van der Waals surface area contributed by atoms with Crippen LogP contribution in [0.2, 0.25) is 0 Å². The SMILES string of the molecule is O=C(Nc1cccc(CN2CCC(C(=O)NC3CCCCC3)CC2)c1)c1ccncc1. The first-order valence-corrected chi connectivity index (χ1v) is 11.5. The molecule has 2 aliphatic rings. The van der Waals surface area contributed by atoms with Crippen molar-refractivity contribution in [3.8, 4) is 0 Å². The van der Waals surface area contributed by atoms with Crippen LogP contribution in [0, 0.1) is 5.92 Å². The van der Waals surface area contributed by atoms with Crippen molar-refractivity contribution in [3.05, 3.63) is 59.9 Å². The van der Waals surface area contributed by atoms with E-state index in [2.05, 4.69) is 26.6 Å². The number of hydrogen-bond donors (Lipinski definition) is 2. The Morgan fingerprint density at radius 3 is 2.45 bits per heavy atom. The van der Waals surface area contributed by atoms with Crippen LogP contribution in [-0.2, 0) is 11.3 Å². The summed E-state index contributed by atoms with van der Waals surface area (Å²) in [5, 5.41) is 6.25. The fourth-order valence-corrected chi connectivity index (χ4v) is 4.63. The summed E-state index contributed by atoms with van der Waals surface area (Å²) >= 11 is 0. The summed E-state index contributed by atoms with van der Waals surface area (Å²) < 4.78 is 0. The van der Waals surface area contributed by atoms with Crippen LogP contribution in [0.1, 0.15) is 60.9 Å². The van der Waals surface area contributed by atoms with Gasteiger partial charge in [0, 0.05) is 42.1 Å². The zero-order chi connectivity index (χ0) is 21.5. The molecule has 2 amide bonds. The third-order valence-electron chi connectivity index (χ3n) is 6.44. The molecule has 2 fully saturated rings. The summed E-state index contributed by atoms with van der Waals surface area (Å²) in [7, 11) is 0. The van der Waals surface area contributed by atoms with Gasteiger partial charge >= 0.3 is 0 Å². The lowest BCUT2D eigenvalue weighted by molar-refractivity contribution is -0.127. The monoisotopic (exact) mass is 420 g/mol. The predicted molar refractivity (Wildman–Crippen MR) is 122 cm³/mol. The van der Waals surface area contributed by atoms with E-state index in [0.717, 1.165) is 56.6 Å². The van der Waals surface area contributed by atoms with Crippen LogP contribution in [0.5, 0.6) is 0 Å². The Morgan fingerprint density at radius 2 is 1.71 bits per heavy atom. The number of nitrogens with one attached hydrogen (secondary N) is 2. The smallest absolute Gasteiger partial charge is 0.255 e. The molecule has 2 N–H and O–H groups in total. The topological polar surface area (TPSA) is 74.3 Å². The number of pyridine rings is 1. The highest BCUT2D eigenvalue weighted by atomic mass is 16.2. The van der Waals surface area contributed by atoms with E-state index in [1.807, 2.05) is 18.2 Å². The standard InChI is InChI=1S/C25H32N4O2/c30-24(20-9-13-26-14-10-20)28-23-8-4-5-19(17-23)18-29-15-11-21(12-16-29)25(31)27-22-6-2-1-3-7-22/h4-5,8-10,13-14,17,21-22H,1-3,6-7,11-12,15-16,18H2,(H,27,31)(H,28,30). The summed E-state index contributed by atoms with van der Waals surface area (Å²) in [5.74, 6) is 0.265. The molecule has 1 saturated heterocycles. The van der Waals surface area contributed by atoms with Crippen molar-refractivity contribution in [2.75, 3.05) is 18.4 Å². The molecule has 0 bridgehead atoms. The van der Waals surface area contributed by atoms with Gasteiger partial charge in [-0.1, -0.05) is 31.4 Å². The van der Waals surface area contributed by atoms with Crippen molar-refractivity contribution in [1.29, 1.82) is 0 Å². The lowest BCUT2D eigenvalue weighted by Crippen LogP contribution is -2.44. The van der Waals surface area contributed by atoms with Crippen LogP contribution in [-0.4, -0.2) is 40.8 Å². The molecule has 2 aromatic rings. The third kappa shape index (κ3) is 6.14. The number of anilines is 1. The van der Waals surface area contributed by atoms with E-state index < -0.39 is 0 Å². The largest absolute Gasteiger partial charge is 0.353 e. The van der Waals surface area contributed by atoms with Gasteiger partial charge in [-0.05, 0) is 68.6 Å². The van der Waals surface area contributed by atoms with Crippen molar-refractivity contribution in [2.24, 2.45) is 5.92 Å². The average Bonchev–Trinajstić information content (AvgIpc) is 2.81. The molecule has 0 unspecified atom stereocenters. The minimum absolute atomic E-state index is 0.135. The lowest BCUT2D eigenvalue weighted by Gasteiger charge is -2.32. The second kappa shape index (κ2) is 10.5. The van der Waals surface area contributed by atoms with Crippen molar-refractivity contribution >= 4 is 17.5 Å². The molecule has 164 valence electrons. The Balaban J connectivity index is 1.25. The number of aromatic nitrogens is 1. The molecule has 0 radical (unpaired) electrons. The van der Waals surface area contributed by atoms with E-state index in [1.165, 1.54) is 19.3 Å². The normalized spacial score (nSPS) is 18.5. The molecule has 0 atom stereocenters. The molecule has 0 spiro atoms. The highest BCUT2D eigenvalue weighted by Crippen LogP contribution is 2.23. The summed E-state index contributed by atoms with van der Waals surface area (Å²) in [5.41, 5.74) is 2.55. The maximum atomic E-state index is 12.6. The second-order valence-corrected chi connectivity index (χ2v) is 8.78. The zero-order valence-electron chi connectivity index (χ0n) is 18.1. The Bertz CT molecular complexity index is 872. The van der Waals surface area contributed by atoms with E-state index >= 15 is 0 Å². The van der Waals surface area contributed by atoms with Crippen LogP contribution in [0.4, 0.5) is 5.69 Å². The molecule has 4 rings (SSSR count). The average molecular weight is 421 g/mol. The summed E-state index contributed by atoms with van der Waals surface area (Å²) in [6.07, 6.45) is 11.1. The summed E-state index contributed by atoms with van der Waals surface area (Å²) in [6, 6.07) is 11.8. The first-order chi connectivity index (χ1) is 15.2. The minimum atomic E-state index is -0.135.